The molecule has 5 nitrogen and oxygen atoms in total. The third-order valence-electron chi connectivity index (χ3n) is 4.76. The van der Waals surface area contributed by atoms with E-state index in [1.54, 1.807) is 22.6 Å². The minimum absolute atomic E-state index is 0.0371. The summed E-state index contributed by atoms with van der Waals surface area (Å²) in [5.41, 5.74) is 1.73. The van der Waals surface area contributed by atoms with E-state index in [1.165, 1.54) is 11.8 Å². The standard InChI is InChI=1S/C22H17N3O2S2/c26-22(14-29-21-10-9-15-5-1-2-6-16(15)23-21)25-18(20-8-4-12-28-20)13-17(24-25)19-7-3-11-27-19/h1-12,18H,13-14H2. The van der Waals surface area contributed by atoms with Gasteiger partial charge in [0.1, 0.15) is 11.5 Å². The van der Waals surface area contributed by atoms with Gasteiger partial charge in [0.2, 0.25) is 0 Å². The number of carbonyl (C=O) groups is 1. The lowest BCUT2D eigenvalue weighted by atomic mass is 10.1. The first-order valence-corrected chi connectivity index (χ1v) is 11.1. The highest BCUT2D eigenvalue weighted by Gasteiger charge is 2.34. The summed E-state index contributed by atoms with van der Waals surface area (Å²) in [4.78, 5) is 18.8. The van der Waals surface area contributed by atoms with Crippen LogP contribution in [0.15, 0.2) is 86.9 Å². The second-order valence-corrected chi connectivity index (χ2v) is 8.60. The molecule has 0 radical (unpaired) electrons. The van der Waals surface area contributed by atoms with Gasteiger partial charge in [0.05, 0.1) is 28.6 Å². The molecule has 3 aromatic heterocycles. The van der Waals surface area contributed by atoms with Gasteiger partial charge in [-0.25, -0.2) is 9.99 Å². The van der Waals surface area contributed by atoms with Crippen molar-refractivity contribution in [3.05, 3.63) is 82.9 Å². The number of carbonyl (C=O) groups excluding carboxylic acids is 1. The molecule has 0 fully saturated rings. The first kappa shape index (κ1) is 18.1. The van der Waals surface area contributed by atoms with E-state index >= 15 is 0 Å². The molecule has 1 unspecified atom stereocenters. The van der Waals surface area contributed by atoms with Crippen LogP contribution in [0, 0.1) is 0 Å². The van der Waals surface area contributed by atoms with Crippen LogP contribution in [0.4, 0.5) is 0 Å². The van der Waals surface area contributed by atoms with Crippen LogP contribution in [0.2, 0.25) is 0 Å². The first-order valence-electron chi connectivity index (χ1n) is 9.23. The van der Waals surface area contributed by atoms with E-state index in [-0.39, 0.29) is 17.7 Å². The monoisotopic (exact) mass is 419 g/mol. The second-order valence-electron chi connectivity index (χ2n) is 6.63. The molecule has 1 amide bonds. The molecule has 144 valence electrons. The third-order valence-corrected chi connectivity index (χ3v) is 6.65. The van der Waals surface area contributed by atoms with Crippen molar-refractivity contribution < 1.29 is 9.21 Å². The summed E-state index contributed by atoms with van der Waals surface area (Å²) in [7, 11) is 0. The van der Waals surface area contributed by atoms with Gasteiger partial charge in [-0.2, -0.15) is 5.10 Å². The van der Waals surface area contributed by atoms with Crippen molar-refractivity contribution in [3.8, 4) is 0 Å². The molecule has 7 heteroatoms. The minimum Gasteiger partial charge on any atom is -0.463 e. The Balaban J connectivity index is 1.35. The average molecular weight is 420 g/mol. The summed E-state index contributed by atoms with van der Waals surface area (Å²) >= 11 is 3.08. The van der Waals surface area contributed by atoms with E-state index in [0.717, 1.165) is 26.5 Å². The Labute approximate surface area is 176 Å². The van der Waals surface area contributed by atoms with Crippen LogP contribution in [-0.4, -0.2) is 27.4 Å². The lowest BCUT2D eigenvalue weighted by Gasteiger charge is -2.20. The van der Waals surface area contributed by atoms with Gasteiger partial charge in [0.25, 0.3) is 5.91 Å². The number of thioether (sulfide) groups is 1. The average Bonchev–Trinajstić information content (AvgIpc) is 3.52. The van der Waals surface area contributed by atoms with Crippen LogP contribution in [0.3, 0.4) is 0 Å². The summed E-state index contributed by atoms with van der Waals surface area (Å²) < 4.78 is 5.50. The number of pyridine rings is 1. The molecule has 29 heavy (non-hydrogen) atoms. The lowest BCUT2D eigenvalue weighted by molar-refractivity contribution is -0.130. The van der Waals surface area contributed by atoms with Gasteiger partial charge in [-0.3, -0.25) is 4.79 Å². The number of hydrogen-bond acceptors (Lipinski definition) is 6. The molecule has 0 spiro atoms. The van der Waals surface area contributed by atoms with Crippen LogP contribution in [0.5, 0.6) is 0 Å². The van der Waals surface area contributed by atoms with E-state index in [0.29, 0.717) is 12.2 Å². The molecular formula is C22H17N3O2S2. The van der Waals surface area contributed by atoms with Gasteiger partial charge in [-0.15, -0.1) is 11.3 Å². The molecule has 1 atom stereocenters. The number of thiophene rings is 1. The molecule has 5 rings (SSSR count). The number of rotatable bonds is 5. The summed E-state index contributed by atoms with van der Waals surface area (Å²) in [5.74, 6) is 0.956. The van der Waals surface area contributed by atoms with Crippen LogP contribution in [0.1, 0.15) is 23.1 Å². The molecule has 0 N–H and O–H groups in total. The van der Waals surface area contributed by atoms with Crippen molar-refractivity contribution in [2.75, 3.05) is 5.75 Å². The molecule has 1 aliphatic heterocycles. The van der Waals surface area contributed by atoms with Gasteiger partial charge in [-0.05, 0) is 35.7 Å². The number of furan rings is 1. The zero-order valence-corrected chi connectivity index (χ0v) is 17.0. The van der Waals surface area contributed by atoms with Crippen molar-refractivity contribution in [2.45, 2.75) is 17.5 Å². The summed E-state index contributed by atoms with van der Waals surface area (Å²) in [6.07, 6.45) is 2.28. The van der Waals surface area contributed by atoms with E-state index in [1.807, 2.05) is 66.0 Å². The van der Waals surface area contributed by atoms with Crippen LogP contribution in [0.25, 0.3) is 10.9 Å². The predicted octanol–water partition coefficient (Wildman–Crippen LogP) is 5.36. The lowest BCUT2D eigenvalue weighted by Crippen LogP contribution is -2.28. The topological polar surface area (TPSA) is 58.7 Å². The maximum atomic E-state index is 13.0. The van der Waals surface area contributed by atoms with Crippen LogP contribution < -0.4 is 0 Å². The van der Waals surface area contributed by atoms with E-state index in [2.05, 4.69) is 10.1 Å². The molecule has 1 aliphatic rings. The quantitative estimate of drug-likeness (QED) is 0.409. The summed E-state index contributed by atoms with van der Waals surface area (Å²) in [6.45, 7) is 0. The first-order chi connectivity index (χ1) is 14.3. The Morgan fingerprint density at radius 2 is 2.07 bits per heavy atom. The molecule has 4 heterocycles. The second kappa shape index (κ2) is 7.85. The fourth-order valence-electron chi connectivity index (χ4n) is 3.36. The van der Waals surface area contributed by atoms with Crippen molar-refractivity contribution in [1.82, 2.24) is 9.99 Å². The maximum Gasteiger partial charge on any atom is 0.253 e. The van der Waals surface area contributed by atoms with Crippen LogP contribution in [-0.2, 0) is 4.79 Å². The highest BCUT2D eigenvalue weighted by Crippen LogP contribution is 2.36. The minimum atomic E-state index is -0.0900. The predicted molar refractivity (Wildman–Crippen MR) is 116 cm³/mol. The molecule has 0 aliphatic carbocycles. The number of nitrogens with zero attached hydrogens (tertiary/aromatic N) is 3. The van der Waals surface area contributed by atoms with Gasteiger partial charge in [-0.1, -0.05) is 42.1 Å². The number of fused-ring (bicyclic) bond motifs is 1. The SMILES string of the molecule is O=C(CSc1ccc2ccccc2n1)N1N=C(c2ccco2)CC1c1cccs1. The number of amides is 1. The van der Waals surface area contributed by atoms with E-state index in [4.69, 9.17) is 4.42 Å². The molecule has 1 aromatic carbocycles. The molecule has 0 saturated heterocycles. The zero-order chi connectivity index (χ0) is 19.6. The number of para-hydroxylation sites is 1. The number of hydrazone groups is 1. The fourth-order valence-corrected chi connectivity index (χ4v) is 4.91. The Kier molecular flexibility index (Phi) is 4.91. The Morgan fingerprint density at radius 3 is 2.90 bits per heavy atom. The van der Waals surface area contributed by atoms with Crippen molar-refractivity contribution in [3.63, 3.8) is 0 Å². The normalized spacial score (nSPS) is 16.3. The van der Waals surface area contributed by atoms with Gasteiger partial charge in [0.15, 0.2) is 0 Å². The van der Waals surface area contributed by atoms with Gasteiger partial charge >= 0.3 is 0 Å². The van der Waals surface area contributed by atoms with E-state index in [9.17, 15) is 4.79 Å². The zero-order valence-electron chi connectivity index (χ0n) is 15.4. The largest absolute Gasteiger partial charge is 0.463 e. The van der Waals surface area contributed by atoms with E-state index < -0.39 is 0 Å². The number of hydrogen-bond donors (Lipinski definition) is 0. The smallest absolute Gasteiger partial charge is 0.253 e. The molecule has 0 saturated carbocycles. The Hall–Kier alpha value is -2.90. The number of aromatic nitrogens is 1. The summed E-state index contributed by atoms with van der Waals surface area (Å²) in [6, 6.07) is 19.6. The summed E-state index contributed by atoms with van der Waals surface area (Å²) in [5, 5.41) is 10.2. The Morgan fingerprint density at radius 1 is 1.14 bits per heavy atom. The molecule has 0 bridgehead atoms. The highest BCUT2D eigenvalue weighted by molar-refractivity contribution is 7.99. The van der Waals surface area contributed by atoms with Gasteiger partial charge < -0.3 is 4.42 Å². The molecular weight excluding hydrogens is 402 g/mol. The van der Waals surface area contributed by atoms with Crippen molar-refractivity contribution in [1.29, 1.82) is 0 Å². The Bertz CT molecular complexity index is 1170. The maximum absolute atomic E-state index is 13.0. The fraction of sp³-hybridized carbons (Fsp3) is 0.136. The van der Waals surface area contributed by atoms with Gasteiger partial charge in [0, 0.05) is 16.7 Å². The van der Waals surface area contributed by atoms with Crippen molar-refractivity contribution in [2.24, 2.45) is 5.10 Å². The highest BCUT2D eigenvalue weighted by atomic mass is 32.2. The number of benzene rings is 1. The van der Waals surface area contributed by atoms with Crippen LogP contribution >= 0.6 is 23.1 Å². The molecule has 4 aromatic rings. The third kappa shape index (κ3) is 3.71. The van der Waals surface area contributed by atoms with Crippen molar-refractivity contribution >= 4 is 45.6 Å².